The summed E-state index contributed by atoms with van der Waals surface area (Å²) in [6, 6.07) is 0. The highest BCUT2D eigenvalue weighted by atomic mass is 35.5. The predicted octanol–water partition coefficient (Wildman–Crippen LogP) is 3.79. The van der Waals surface area contributed by atoms with Gasteiger partial charge in [0, 0.05) is 10.4 Å². The summed E-state index contributed by atoms with van der Waals surface area (Å²) in [6.45, 7) is 0. The van der Waals surface area contributed by atoms with Crippen LogP contribution in [0.3, 0.4) is 0 Å². The van der Waals surface area contributed by atoms with Crippen LogP contribution in [0.5, 0.6) is 0 Å². The highest BCUT2D eigenvalue weighted by Gasteiger charge is 2.55. The molecule has 2 nitrogen and oxygen atoms in total. The fourth-order valence-electron chi connectivity index (χ4n) is 4.60. The van der Waals surface area contributed by atoms with Gasteiger partial charge in [-0.25, -0.2) is 0 Å². The van der Waals surface area contributed by atoms with Gasteiger partial charge in [-0.3, -0.25) is 0 Å². The zero-order valence-corrected chi connectivity index (χ0v) is 10.2. The van der Waals surface area contributed by atoms with Gasteiger partial charge in [-0.1, -0.05) is 23.2 Å². The molecule has 4 atom stereocenters. The first-order chi connectivity index (χ1) is 7.74. The normalized spacial score (nSPS) is 46.8. The summed E-state index contributed by atoms with van der Waals surface area (Å²) >= 11 is 6.47. The second kappa shape index (κ2) is 3.76. The maximum Gasteiger partial charge on any atom is 0.0673 e. The molecule has 3 aliphatic carbocycles. The van der Waals surface area contributed by atoms with Crippen LogP contribution >= 0.6 is 11.6 Å². The predicted molar refractivity (Wildman–Crippen MR) is 64.8 cm³/mol. The van der Waals surface area contributed by atoms with Gasteiger partial charge in [0.2, 0.25) is 0 Å². The van der Waals surface area contributed by atoms with Crippen LogP contribution < -0.4 is 0 Å². The second-order valence-corrected chi connectivity index (χ2v) is 6.23. The molecule has 0 radical (unpaired) electrons. The van der Waals surface area contributed by atoms with Crippen molar-refractivity contribution in [2.45, 2.75) is 38.5 Å². The Balaban J connectivity index is 1.93. The van der Waals surface area contributed by atoms with Gasteiger partial charge < -0.3 is 5.21 Å². The first kappa shape index (κ1) is 10.6. The van der Waals surface area contributed by atoms with Crippen molar-refractivity contribution in [1.29, 1.82) is 0 Å². The maximum absolute atomic E-state index is 8.48. The van der Waals surface area contributed by atoms with E-state index in [1.165, 1.54) is 44.7 Å². The van der Waals surface area contributed by atoms with E-state index in [9.17, 15) is 0 Å². The van der Waals surface area contributed by atoms with E-state index in [0.717, 1.165) is 22.8 Å². The second-order valence-electron chi connectivity index (χ2n) is 5.82. The van der Waals surface area contributed by atoms with Crippen LogP contribution in [0.25, 0.3) is 0 Å². The van der Waals surface area contributed by atoms with E-state index in [4.69, 9.17) is 16.8 Å². The molecule has 0 spiro atoms. The van der Waals surface area contributed by atoms with Gasteiger partial charge in [-0.15, -0.1) is 0 Å². The van der Waals surface area contributed by atoms with Crippen LogP contribution in [0.4, 0.5) is 0 Å². The summed E-state index contributed by atoms with van der Waals surface area (Å²) < 4.78 is 0. The fourth-order valence-corrected chi connectivity index (χ4v) is 4.96. The van der Waals surface area contributed by atoms with E-state index < -0.39 is 0 Å². The molecule has 0 aromatic heterocycles. The van der Waals surface area contributed by atoms with Gasteiger partial charge in [0.05, 0.1) is 6.21 Å². The van der Waals surface area contributed by atoms with E-state index >= 15 is 0 Å². The van der Waals surface area contributed by atoms with Crippen LogP contribution in [0.15, 0.2) is 16.3 Å². The largest absolute Gasteiger partial charge is 0.411 e. The van der Waals surface area contributed by atoms with Gasteiger partial charge in [0.15, 0.2) is 0 Å². The minimum absolute atomic E-state index is 0.245. The number of nitrogens with zero attached hydrogens (tertiary/aromatic N) is 1. The highest BCUT2D eigenvalue weighted by molar-refractivity contribution is 6.31. The minimum Gasteiger partial charge on any atom is -0.411 e. The molecule has 0 aromatic rings. The first-order valence-corrected chi connectivity index (χ1v) is 6.66. The Morgan fingerprint density at radius 1 is 1.25 bits per heavy atom. The molecule has 0 amide bonds. The van der Waals surface area contributed by atoms with Gasteiger partial charge in [0.1, 0.15) is 0 Å². The molecule has 3 rings (SSSR count). The zero-order valence-electron chi connectivity index (χ0n) is 9.40. The van der Waals surface area contributed by atoms with Gasteiger partial charge >= 0.3 is 0 Å². The summed E-state index contributed by atoms with van der Waals surface area (Å²) in [5, 5.41) is 12.4. The fraction of sp³-hybridized carbons (Fsp3) is 0.769. The van der Waals surface area contributed by atoms with Crippen molar-refractivity contribution in [3.05, 3.63) is 11.1 Å². The number of oxime groups is 1. The standard InChI is InChI=1S/C13H18ClNO/c14-12(3-4-15-16)13-7-9-1-2-11(13)6-10(5-9)8-13/h3-4,9-11,16H,1-2,5-8H2/b12-3-,15-4-/t9-,10-,11+,13-/m1/s1. The molecule has 0 aliphatic heterocycles. The average molecular weight is 240 g/mol. The minimum atomic E-state index is 0.245. The van der Waals surface area contributed by atoms with Crippen molar-refractivity contribution >= 4 is 17.8 Å². The molecule has 3 saturated carbocycles. The summed E-state index contributed by atoms with van der Waals surface area (Å²) in [4.78, 5) is 0. The first-order valence-electron chi connectivity index (χ1n) is 6.28. The number of allylic oxidation sites excluding steroid dienone is 2. The lowest BCUT2D eigenvalue weighted by molar-refractivity contribution is 0.104. The van der Waals surface area contributed by atoms with Crippen molar-refractivity contribution in [2.75, 3.05) is 0 Å². The molecule has 0 saturated heterocycles. The molecule has 3 aliphatic rings. The zero-order chi connectivity index (χ0) is 11.2. The lowest BCUT2D eigenvalue weighted by atomic mass is 9.61. The summed E-state index contributed by atoms with van der Waals surface area (Å²) in [5.41, 5.74) is 0.245. The molecular weight excluding hydrogens is 222 g/mol. The Labute approximate surface area is 101 Å². The Morgan fingerprint density at radius 3 is 2.88 bits per heavy atom. The van der Waals surface area contributed by atoms with Gasteiger partial charge in [-0.2, -0.15) is 0 Å². The van der Waals surface area contributed by atoms with Crippen molar-refractivity contribution in [2.24, 2.45) is 28.3 Å². The van der Waals surface area contributed by atoms with Crippen LogP contribution in [-0.2, 0) is 0 Å². The lowest BCUT2D eigenvalue weighted by Crippen LogP contribution is -2.36. The average Bonchev–Trinajstić information content (AvgIpc) is 2.44. The quantitative estimate of drug-likeness (QED) is 0.444. The van der Waals surface area contributed by atoms with Crippen molar-refractivity contribution < 1.29 is 5.21 Å². The van der Waals surface area contributed by atoms with E-state index in [1.807, 2.05) is 0 Å². The third kappa shape index (κ3) is 1.42. The van der Waals surface area contributed by atoms with E-state index in [1.54, 1.807) is 6.08 Å². The Morgan fingerprint density at radius 2 is 2.06 bits per heavy atom. The Bertz CT molecular complexity index is 352. The lowest BCUT2D eigenvalue weighted by Gasteiger charge is -2.45. The van der Waals surface area contributed by atoms with Crippen molar-refractivity contribution in [1.82, 2.24) is 0 Å². The Kier molecular flexibility index (Phi) is 2.50. The highest BCUT2D eigenvalue weighted by Crippen LogP contribution is 2.65. The topological polar surface area (TPSA) is 32.6 Å². The van der Waals surface area contributed by atoms with Gasteiger partial charge in [-0.05, 0) is 55.9 Å². The molecule has 3 bridgehead atoms. The van der Waals surface area contributed by atoms with E-state index in [0.29, 0.717) is 0 Å². The van der Waals surface area contributed by atoms with Crippen LogP contribution in [-0.4, -0.2) is 11.4 Å². The molecule has 88 valence electrons. The van der Waals surface area contributed by atoms with Crippen molar-refractivity contribution in [3.63, 3.8) is 0 Å². The number of hydrogen-bond donors (Lipinski definition) is 1. The number of hydrogen-bond acceptors (Lipinski definition) is 2. The Hall–Kier alpha value is -0.500. The summed E-state index contributed by atoms with van der Waals surface area (Å²) in [5.74, 6) is 2.58. The van der Waals surface area contributed by atoms with E-state index in [2.05, 4.69) is 5.16 Å². The molecule has 1 N–H and O–H groups in total. The van der Waals surface area contributed by atoms with Crippen LogP contribution in [0.1, 0.15) is 38.5 Å². The SMILES string of the molecule is O/N=C\C=C(/Cl)[C@@]12C[C@@H]3CC[C@H]1C[C@@H](C3)C2. The smallest absolute Gasteiger partial charge is 0.0673 e. The van der Waals surface area contributed by atoms with Crippen LogP contribution in [0.2, 0.25) is 0 Å². The molecule has 0 heterocycles. The van der Waals surface area contributed by atoms with Crippen LogP contribution in [0, 0.1) is 23.2 Å². The van der Waals surface area contributed by atoms with E-state index in [-0.39, 0.29) is 5.41 Å². The van der Waals surface area contributed by atoms with Gasteiger partial charge in [0.25, 0.3) is 0 Å². The molecule has 3 fully saturated rings. The molecular formula is C13H18ClNO. The number of rotatable bonds is 2. The van der Waals surface area contributed by atoms with Crippen molar-refractivity contribution in [3.8, 4) is 0 Å². The molecule has 3 heteroatoms. The maximum atomic E-state index is 8.48. The summed E-state index contributed by atoms with van der Waals surface area (Å²) in [6.07, 6.45) is 11.3. The number of fused-ring (bicyclic) bond motifs is 2. The third-order valence-corrected chi connectivity index (χ3v) is 5.56. The number of halogens is 1. The summed E-state index contributed by atoms with van der Waals surface area (Å²) in [7, 11) is 0. The monoisotopic (exact) mass is 239 g/mol. The molecule has 16 heavy (non-hydrogen) atoms. The third-order valence-electron chi connectivity index (χ3n) is 5.06. The molecule has 0 unspecified atom stereocenters. The molecule has 0 aromatic carbocycles.